The van der Waals surface area contributed by atoms with Crippen LogP contribution in [-0.2, 0) is 6.42 Å². The van der Waals surface area contributed by atoms with E-state index in [-0.39, 0.29) is 0 Å². The topological polar surface area (TPSA) is 16.1 Å². The van der Waals surface area contributed by atoms with Crippen LogP contribution in [0.2, 0.25) is 0 Å². The zero-order chi connectivity index (χ0) is 9.52. The number of hydrogen-bond acceptors (Lipinski definition) is 2. The highest BCUT2D eigenvalue weighted by molar-refractivity contribution is 5.08. The van der Waals surface area contributed by atoms with Crippen molar-refractivity contribution in [1.29, 1.82) is 0 Å². The molecule has 0 aromatic carbocycles. The second-order valence-corrected chi connectivity index (χ2v) is 3.36. The van der Waals surface area contributed by atoms with Crippen LogP contribution >= 0.6 is 0 Å². The molecule has 1 rings (SSSR count). The Kier molecular flexibility index (Phi) is 4.47. The van der Waals surface area contributed by atoms with Crippen molar-refractivity contribution in [3.05, 3.63) is 30.1 Å². The zero-order valence-corrected chi connectivity index (χ0v) is 8.53. The highest BCUT2D eigenvalue weighted by Gasteiger charge is 1.95. The molecule has 0 aliphatic rings. The van der Waals surface area contributed by atoms with Crippen molar-refractivity contribution in [1.82, 2.24) is 9.88 Å². The van der Waals surface area contributed by atoms with Gasteiger partial charge >= 0.3 is 0 Å². The molecule has 0 saturated carbocycles. The number of hydrogen-bond donors (Lipinski definition) is 0. The third-order valence-corrected chi connectivity index (χ3v) is 2.27. The molecule has 1 heterocycles. The van der Waals surface area contributed by atoms with Crippen molar-refractivity contribution in [2.24, 2.45) is 0 Å². The van der Waals surface area contributed by atoms with Gasteiger partial charge < -0.3 is 4.90 Å². The average molecular weight is 178 g/mol. The van der Waals surface area contributed by atoms with E-state index in [1.165, 1.54) is 18.5 Å². The number of aromatic nitrogens is 1. The Hall–Kier alpha value is -0.890. The monoisotopic (exact) mass is 178 g/mol. The van der Waals surface area contributed by atoms with E-state index in [9.17, 15) is 0 Å². The fourth-order valence-corrected chi connectivity index (χ4v) is 1.26. The second kappa shape index (κ2) is 5.70. The highest BCUT2D eigenvalue weighted by atomic mass is 15.1. The van der Waals surface area contributed by atoms with Crippen LogP contribution in [0.3, 0.4) is 0 Å². The molecule has 13 heavy (non-hydrogen) atoms. The summed E-state index contributed by atoms with van der Waals surface area (Å²) in [6.45, 7) is 4.49. The summed E-state index contributed by atoms with van der Waals surface area (Å²) < 4.78 is 0. The van der Waals surface area contributed by atoms with E-state index in [1.54, 1.807) is 0 Å². The molecule has 0 N–H and O–H groups in total. The van der Waals surface area contributed by atoms with Crippen LogP contribution in [0, 0.1) is 0 Å². The van der Waals surface area contributed by atoms with Crippen LogP contribution in [0.25, 0.3) is 0 Å². The fourth-order valence-electron chi connectivity index (χ4n) is 1.26. The van der Waals surface area contributed by atoms with Crippen LogP contribution in [0.5, 0.6) is 0 Å². The summed E-state index contributed by atoms with van der Waals surface area (Å²) in [6, 6.07) is 4.14. The molecule has 0 spiro atoms. The number of aryl methyl sites for hydroxylation is 1. The predicted octanol–water partition coefficient (Wildman–Crippen LogP) is 1.97. The molecule has 0 fully saturated rings. The van der Waals surface area contributed by atoms with E-state index in [4.69, 9.17) is 0 Å². The van der Waals surface area contributed by atoms with Gasteiger partial charge in [0.15, 0.2) is 0 Å². The van der Waals surface area contributed by atoms with E-state index in [0.29, 0.717) is 0 Å². The van der Waals surface area contributed by atoms with Crippen LogP contribution in [0.15, 0.2) is 24.5 Å². The Balaban J connectivity index is 2.20. The Morgan fingerprint density at radius 2 is 2.31 bits per heavy atom. The Morgan fingerprint density at radius 1 is 1.46 bits per heavy atom. The SMILES string of the molecule is CCN(C)CCCc1cccnc1. The van der Waals surface area contributed by atoms with E-state index >= 15 is 0 Å². The molecule has 0 radical (unpaired) electrons. The lowest BCUT2D eigenvalue weighted by molar-refractivity contribution is 0.347. The van der Waals surface area contributed by atoms with E-state index in [2.05, 4.69) is 29.9 Å². The largest absolute Gasteiger partial charge is 0.307 e. The quantitative estimate of drug-likeness (QED) is 0.685. The minimum absolute atomic E-state index is 1.13. The van der Waals surface area contributed by atoms with Crippen molar-refractivity contribution >= 4 is 0 Å². The van der Waals surface area contributed by atoms with Crippen LogP contribution in [-0.4, -0.2) is 30.0 Å². The maximum Gasteiger partial charge on any atom is 0.0299 e. The Bertz CT molecular complexity index is 221. The van der Waals surface area contributed by atoms with Gasteiger partial charge in [-0.2, -0.15) is 0 Å². The van der Waals surface area contributed by atoms with Gasteiger partial charge in [-0.25, -0.2) is 0 Å². The molecule has 72 valence electrons. The average Bonchev–Trinajstić information content (AvgIpc) is 2.19. The minimum Gasteiger partial charge on any atom is -0.307 e. The van der Waals surface area contributed by atoms with Gasteiger partial charge in [0, 0.05) is 12.4 Å². The summed E-state index contributed by atoms with van der Waals surface area (Å²) in [5.41, 5.74) is 1.34. The Morgan fingerprint density at radius 3 is 2.92 bits per heavy atom. The molecule has 2 nitrogen and oxygen atoms in total. The molecule has 0 unspecified atom stereocenters. The van der Waals surface area contributed by atoms with Crippen molar-refractivity contribution < 1.29 is 0 Å². The first-order valence-electron chi connectivity index (χ1n) is 4.90. The third kappa shape index (κ3) is 4.04. The predicted molar refractivity (Wildman–Crippen MR) is 55.7 cm³/mol. The zero-order valence-electron chi connectivity index (χ0n) is 8.53. The Labute approximate surface area is 80.6 Å². The smallest absolute Gasteiger partial charge is 0.0299 e. The first kappa shape index (κ1) is 10.2. The van der Waals surface area contributed by atoms with Crippen molar-refractivity contribution in [2.45, 2.75) is 19.8 Å². The van der Waals surface area contributed by atoms with Gasteiger partial charge in [-0.1, -0.05) is 13.0 Å². The molecular formula is C11H18N2. The van der Waals surface area contributed by atoms with Crippen LogP contribution in [0.4, 0.5) is 0 Å². The van der Waals surface area contributed by atoms with Gasteiger partial charge in [-0.3, -0.25) is 4.98 Å². The molecular weight excluding hydrogens is 160 g/mol. The molecule has 2 heteroatoms. The van der Waals surface area contributed by atoms with E-state index < -0.39 is 0 Å². The minimum atomic E-state index is 1.13. The first-order chi connectivity index (χ1) is 6.33. The molecule has 0 amide bonds. The van der Waals surface area contributed by atoms with Gasteiger partial charge in [0.05, 0.1) is 0 Å². The second-order valence-electron chi connectivity index (χ2n) is 3.36. The summed E-state index contributed by atoms with van der Waals surface area (Å²) in [5, 5.41) is 0. The van der Waals surface area contributed by atoms with Crippen LogP contribution < -0.4 is 0 Å². The summed E-state index contributed by atoms with van der Waals surface area (Å²) in [7, 11) is 2.16. The normalized spacial score (nSPS) is 10.7. The molecule has 1 aromatic heterocycles. The number of pyridine rings is 1. The fraction of sp³-hybridized carbons (Fsp3) is 0.545. The van der Waals surface area contributed by atoms with E-state index in [0.717, 1.165) is 13.0 Å². The lowest BCUT2D eigenvalue weighted by atomic mass is 10.1. The van der Waals surface area contributed by atoms with E-state index in [1.807, 2.05) is 18.5 Å². The van der Waals surface area contributed by atoms with Crippen molar-refractivity contribution in [2.75, 3.05) is 20.1 Å². The summed E-state index contributed by atoms with van der Waals surface area (Å²) in [5.74, 6) is 0. The van der Waals surface area contributed by atoms with Gasteiger partial charge in [0.1, 0.15) is 0 Å². The molecule has 0 saturated heterocycles. The number of nitrogens with zero attached hydrogens (tertiary/aromatic N) is 2. The van der Waals surface area contributed by atoms with Gasteiger partial charge in [-0.15, -0.1) is 0 Å². The molecule has 0 aliphatic heterocycles. The third-order valence-electron chi connectivity index (χ3n) is 2.27. The van der Waals surface area contributed by atoms with Gasteiger partial charge in [0.2, 0.25) is 0 Å². The lowest BCUT2D eigenvalue weighted by Gasteiger charge is -2.12. The summed E-state index contributed by atoms with van der Waals surface area (Å²) in [4.78, 5) is 6.42. The van der Waals surface area contributed by atoms with Gasteiger partial charge in [-0.05, 0) is 44.6 Å². The molecule has 0 bridgehead atoms. The van der Waals surface area contributed by atoms with Crippen molar-refractivity contribution in [3.63, 3.8) is 0 Å². The lowest BCUT2D eigenvalue weighted by Crippen LogP contribution is -2.19. The van der Waals surface area contributed by atoms with Crippen molar-refractivity contribution in [3.8, 4) is 0 Å². The highest BCUT2D eigenvalue weighted by Crippen LogP contribution is 2.00. The molecule has 1 aromatic rings. The van der Waals surface area contributed by atoms with Crippen LogP contribution in [0.1, 0.15) is 18.9 Å². The summed E-state index contributed by atoms with van der Waals surface area (Å²) in [6.07, 6.45) is 6.13. The first-order valence-corrected chi connectivity index (χ1v) is 4.90. The summed E-state index contributed by atoms with van der Waals surface area (Å²) >= 11 is 0. The maximum absolute atomic E-state index is 4.09. The maximum atomic E-state index is 4.09. The van der Waals surface area contributed by atoms with Gasteiger partial charge in [0.25, 0.3) is 0 Å². The standard InChI is InChI=1S/C11H18N2/c1-3-13(2)9-5-7-11-6-4-8-12-10-11/h4,6,8,10H,3,5,7,9H2,1-2H3. The molecule has 0 aliphatic carbocycles. The number of rotatable bonds is 5. The molecule has 0 atom stereocenters.